The fourth-order valence-electron chi connectivity index (χ4n) is 3.52. The molecule has 0 saturated carbocycles. The SMILES string of the molecule is CC(C)(C)CC(C)(C)NC[C@H](O)[C@H](Cc1ccccc1)NC(=O)OC(C)(C)C. The molecule has 2 atom stereocenters. The van der Waals surface area contributed by atoms with Crippen molar-refractivity contribution in [3.63, 3.8) is 0 Å². The summed E-state index contributed by atoms with van der Waals surface area (Å²) in [6, 6.07) is 9.40. The largest absolute Gasteiger partial charge is 0.444 e. The number of carbonyl (C=O) groups is 1. The summed E-state index contributed by atoms with van der Waals surface area (Å²) in [4.78, 5) is 12.3. The number of rotatable bonds is 8. The average Bonchev–Trinajstić information content (AvgIpc) is 2.49. The smallest absolute Gasteiger partial charge is 0.407 e. The molecule has 0 fully saturated rings. The summed E-state index contributed by atoms with van der Waals surface area (Å²) in [5.74, 6) is 0. The minimum absolute atomic E-state index is 0.123. The second-order valence-electron chi connectivity index (χ2n) is 10.5. The van der Waals surface area contributed by atoms with Crippen LogP contribution in [-0.2, 0) is 11.2 Å². The molecule has 0 aromatic heterocycles. The quantitative estimate of drug-likeness (QED) is 0.617. The van der Waals surface area contributed by atoms with Gasteiger partial charge in [-0.1, -0.05) is 51.1 Å². The lowest BCUT2D eigenvalue weighted by Crippen LogP contribution is -2.53. The van der Waals surface area contributed by atoms with Crippen LogP contribution in [0.3, 0.4) is 0 Å². The molecule has 3 N–H and O–H groups in total. The van der Waals surface area contributed by atoms with Gasteiger partial charge >= 0.3 is 6.09 Å². The molecule has 28 heavy (non-hydrogen) atoms. The van der Waals surface area contributed by atoms with E-state index in [1.165, 1.54) is 0 Å². The molecule has 0 spiro atoms. The Morgan fingerprint density at radius 1 is 1.04 bits per heavy atom. The van der Waals surface area contributed by atoms with Crippen molar-refractivity contribution in [3.8, 4) is 0 Å². The molecule has 0 saturated heterocycles. The number of alkyl carbamates (subject to hydrolysis) is 1. The van der Waals surface area contributed by atoms with E-state index in [4.69, 9.17) is 4.74 Å². The molecule has 0 aliphatic rings. The van der Waals surface area contributed by atoms with Crippen molar-refractivity contribution in [1.82, 2.24) is 10.6 Å². The number of benzene rings is 1. The third-order valence-electron chi connectivity index (χ3n) is 4.23. The maximum absolute atomic E-state index is 12.3. The van der Waals surface area contributed by atoms with Gasteiger partial charge < -0.3 is 20.5 Å². The summed E-state index contributed by atoms with van der Waals surface area (Å²) >= 11 is 0. The van der Waals surface area contributed by atoms with Crippen LogP contribution in [0.25, 0.3) is 0 Å². The number of aliphatic hydroxyl groups is 1. The van der Waals surface area contributed by atoms with Crippen molar-refractivity contribution >= 4 is 6.09 Å². The average molecular weight is 393 g/mol. The Kier molecular flexibility index (Phi) is 8.51. The van der Waals surface area contributed by atoms with E-state index in [1.54, 1.807) is 0 Å². The number of amides is 1. The monoisotopic (exact) mass is 392 g/mol. The molecule has 5 nitrogen and oxygen atoms in total. The highest BCUT2D eigenvalue weighted by Gasteiger charge is 2.29. The molecule has 0 unspecified atom stereocenters. The van der Waals surface area contributed by atoms with Gasteiger partial charge in [-0.05, 0) is 58.4 Å². The van der Waals surface area contributed by atoms with Gasteiger partial charge in [-0.25, -0.2) is 4.79 Å². The zero-order valence-electron chi connectivity index (χ0n) is 18.9. The highest BCUT2D eigenvalue weighted by Crippen LogP contribution is 2.26. The van der Waals surface area contributed by atoms with E-state index >= 15 is 0 Å². The van der Waals surface area contributed by atoms with Gasteiger partial charge in [0.25, 0.3) is 0 Å². The summed E-state index contributed by atoms with van der Waals surface area (Å²) in [5, 5.41) is 17.2. The van der Waals surface area contributed by atoms with Gasteiger partial charge in [0.15, 0.2) is 0 Å². The van der Waals surface area contributed by atoms with E-state index in [2.05, 4.69) is 45.3 Å². The summed E-state index contributed by atoms with van der Waals surface area (Å²) < 4.78 is 5.39. The van der Waals surface area contributed by atoms with E-state index in [-0.39, 0.29) is 11.0 Å². The van der Waals surface area contributed by atoms with Gasteiger partial charge in [0.1, 0.15) is 5.60 Å². The van der Waals surface area contributed by atoms with Gasteiger partial charge in [-0.2, -0.15) is 0 Å². The third kappa shape index (κ3) is 10.7. The zero-order chi connectivity index (χ0) is 21.6. The fraction of sp³-hybridized carbons (Fsp3) is 0.696. The molecule has 0 radical (unpaired) electrons. The summed E-state index contributed by atoms with van der Waals surface area (Å²) in [6.45, 7) is 16.7. The number of aliphatic hydroxyl groups excluding tert-OH is 1. The zero-order valence-corrected chi connectivity index (χ0v) is 18.9. The van der Waals surface area contributed by atoms with Crippen LogP contribution in [0.5, 0.6) is 0 Å². The van der Waals surface area contributed by atoms with Crippen LogP contribution >= 0.6 is 0 Å². The van der Waals surface area contributed by atoms with E-state index in [0.29, 0.717) is 13.0 Å². The lowest BCUT2D eigenvalue weighted by molar-refractivity contribution is 0.0413. The van der Waals surface area contributed by atoms with E-state index in [0.717, 1.165) is 12.0 Å². The van der Waals surface area contributed by atoms with Crippen molar-refractivity contribution < 1.29 is 14.6 Å². The first kappa shape index (κ1) is 24.4. The van der Waals surface area contributed by atoms with E-state index < -0.39 is 23.8 Å². The Morgan fingerprint density at radius 2 is 1.61 bits per heavy atom. The van der Waals surface area contributed by atoms with Crippen LogP contribution in [0.2, 0.25) is 0 Å². The van der Waals surface area contributed by atoms with Crippen LogP contribution in [0, 0.1) is 5.41 Å². The van der Waals surface area contributed by atoms with E-state index in [9.17, 15) is 9.90 Å². The predicted octanol–water partition coefficient (Wildman–Crippen LogP) is 4.29. The molecule has 0 aliphatic heterocycles. The molecular weight excluding hydrogens is 352 g/mol. The first-order valence-corrected chi connectivity index (χ1v) is 10.1. The molecule has 0 bridgehead atoms. The molecule has 160 valence electrons. The Bertz CT molecular complexity index is 601. The molecule has 1 rings (SSSR count). The number of β-amino-alcohol motifs (C(OH)–C–C–N with tert-alkyl or cyclic N) is 1. The Labute approximate surface area is 171 Å². The maximum Gasteiger partial charge on any atom is 0.407 e. The van der Waals surface area contributed by atoms with Crippen molar-refractivity contribution in [2.45, 2.75) is 91.5 Å². The molecule has 5 heteroatoms. The highest BCUT2D eigenvalue weighted by molar-refractivity contribution is 5.68. The molecule has 0 heterocycles. The minimum atomic E-state index is -0.744. The number of hydrogen-bond acceptors (Lipinski definition) is 4. The van der Waals surface area contributed by atoms with Crippen LogP contribution in [-0.4, -0.2) is 41.0 Å². The maximum atomic E-state index is 12.3. The summed E-state index contributed by atoms with van der Waals surface area (Å²) in [7, 11) is 0. The third-order valence-corrected chi connectivity index (χ3v) is 4.23. The lowest BCUT2D eigenvalue weighted by Gasteiger charge is -2.35. The number of ether oxygens (including phenoxy) is 1. The molecule has 1 amide bonds. The second-order valence-corrected chi connectivity index (χ2v) is 10.5. The molecule has 1 aromatic rings. The van der Waals surface area contributed by atoms with Gasteiger partial charge in [0.2, 0.25) is 0 Å². The first-order valence-electron chi connectivity index (χ1n) is 10.1. The predicted molar refractivity (Wildman–Crippen MR) is 115 cm³/mol. The van der Waals surface area contributed by atoms with Crippen molar-refractivity contribution in [3.05, 3.63) is 35.9 Å². The molecule has 0 aliphatic carbocycles. The van der Waals surface area contributed by atoms with E-state index in [1.807, 2.05) is 51.1 Å². The van der Waals surface area contributed by atoms with Crippen molar-refractivity contribution in [2.75, 3.05) is 6.54 Å². The van der Waals surface area contributed by atoms with Crippen LogP contribution in [0.1, 0.15) is 67.4 Å². The lowest BCUT2D eigenvalue weighted by atomic mass is 9.81. The molecule has 1 aromatic carbocycles. The van der Waals surface area contributed by atoms with Crippen molar-refractivity contribution in [1.29, 1.82) is 0 Å². The van der Waals surface area contributed by atoms with Gasteiger partial charge in [0.05, 0.1) is 12.1 Å². The fourth-order valence-corrected chi connectivity index (χ4v) is 3.52. The standard InChI is InChI=1S/C23H40N2O3/c1-21(2,3)16-23(7,8)24-15-19(26)18(14-17-12-10-9-11-13-17)25-20(27)28-22(4,5)6/h9-13,18-19,24,26H,14-16H2,1-8H3,(H,25,27)/t18-,19-/m0/s1. The van der Waals surface area contributed by atoms with Crippen LogP contribution in [0.4, 0.5) is 4.79 Å². The number of nitrogens with one attached hydrogen (secondary N) is 2. The van der Waals surface area contributed by atoms with Crippen molar-refractivity contribution in [2.24, 2.45) is 5.41 Å². The number of carbonyl (C=O) groups excluding carboxylic acids is 1. The summed E-state index contributed by atoms with van der Waals surface area (Å²) in [6.07, 6.45) is 0.242. The normalized spacial score (nSPS) is 15.0. The Morgan fingerprint density at radius 3 is 2.11 bits per heavy atom. The van der Waals surface area contributed by atoms with Crippen LogP contribution < -0.4 is 10.6 Å². The van der Waals surface area contributed by atoms with Gasteiger partial charge in [-0.15, -0.1) is 0 Å². The Balaban J connectivity index is 2.80. The van der Waals surface area contributed by atoms with Gasteiger partial charge in [0, 0.05) is 12.1 Å². The van der Waals surface area contributed by atoms with Crippen LogP contribution in [0.15, 0.2) is 30.3 Å². The second kappa shape index (κ2) is 9.75. The molecular formula is C23H40N2O3. The topological polar surface area (TPSA) is 70.6 Å². The minimum Gasteiger partial charge on any atom is -0.444 e. The number of hydrogen-bond donors (Lipinski definition) is 3. The Hall–Kier alpha value is -1.59. The highest BCUT2D eigenvalue weighted by atomic mass is 16.6. The summed E-state index contributed by atoms with van der Waals surface area (Å²) in [5.41, 5.74) is 0.526. The van der Waals surface area contributed by atoms with Gasteiger partial charge in [-0.3, -0.25) is 0 Å². The first-order chi connectivity index (χ1) is 12.7.